The zero-order valence-corrected chi connectivity index (χ0v) is 11.8. The standard InChI is InChI=1S/C12H8Cl2N2O2S/c13-8-2-1-7(4-9(8)14)19-11-10(15)3-6(5-16-11)12(17)18/h1-5H,15H2,(H,17,18). The Balaban J connectivity index is 2.28. The van der Waals surface area contributed by atoms with Crippen molar-refractivity contribution >= 4 is 46.6 Å². The van der Waals surface area contributed by atoms with Crippen molar-refractivity contribution in [2.24, 2.45) is 0 Å². The molecule has 3 N–H and O–H groups in total. The Labute approximate surface area is 123 Å². The van der Waals surface area contributed by atoms with E-state index in [1.807, 2.05) is 0 Å². The van der Waals surface area contributed by atoms with Gasteiger partial charge < -0.3 is 10.8 Å². The fourth-order valence-electron chi connectivity index (χ4n) is 1.32. The van der Waals surface area contributed by atoms with Crippen LogP contribution in [0.4, 0.5) is 5.69 Å². The molecule has 0 radical (unpaired) electrons. The number of benzene rings is 1. The number of nitrogen functional groups attached to an aromatic ring is 1. The summed E-state index contributed by atoms with van der Waals surface area (Å²) in [4.78, 5) is 15.6. The van der Waals surface area contributed by atoms with E-state index in [1.54, 1.807) is 18.2 Å². The van der Waals surface area contributed by atoms with Crippen LogP contribution in [-0.4, -0.2) is 16.1 Å². The maximum atomic E-state index is 10.8. The van der Waals surface area contributed by atoms with Gasteiger partial charge in [-0.25, -0.2) is 9.78 Å². The number of anilines is 1. The summed E-state index contributed by atoms with van der Waals surface area (Å²) in [5.74, 6) is -1.06. The summed E-state index contributed by atoms with van der Waals surface area (Å²) < 4.78 is 0. The third-order valence-corrected chi connectivity index (χ3v) is 3.99. The average molecular weight is 315 g/mol. The third-order valence-electron chi connectivity index (χ3n) is 2.23. The Hall–Kier alpha value is -1.43. The second-order valence-corrected chi connectivity index (χ2v) is 5.48. The van der Waals surface area contributed by atoms with Crippen LogP contribution in [0.2, 0.25) is 10.0 Å². The first kappa shape index (κ1) is 14.0. The summed E-state index contributed by atoms with van der Waals surface area (Å²) in [5.41, 5.74) is 6.12. The Kier molecular flexibility index (Phi) is 4.19. The minimum atomic E-state index is -1.06. The van der Waals surface area contributed by atoms with Crippen LogP contribution in [0, 0.1) is 0 Å². The fourth-order valence-corrected chi connectivity index (χ4v) is 2.50. The highest BCUT2D eigenvalue weighted by atomic mass is 35.5. The van der Waals surface area contributed by atoms with Crippen molar-refractivity contribution in [1.29, 1.82) is 0 Å². The first-order chi connectivity index (χ1) is 8.97. The van der Waals surface area contributed by atoms with Gasteiger partial charge in [0.15, 0.2) is 0 Å². The Morgan fingerprint density at radius 1 is 1.26 bits per heavy atom. The summed E-state index contributed by atoms with van der Waals surface area (Å²) in [5, 5.41) is 10.2. The van der Waals surface area contributed by atoms with Crippen LogP contribution in [0.1, 0.15) is 10.4 Å². The van der Waals surface area contributed by atoms with Gasteiger partial charge in [-0.2, -0.15) is 0 Å². The van der Waals surface area contributed by atoms with Crippen LogP contribution in [0.5, 0.6) is 0 Å². The van der Waals surface area contributed by atoms with Crippen molar-refractivity contribution in [1.82, 2.24) is 4.98 Å². The third kappa shape index (κ3) is 3.32. The number of pyridine rings is 1. The quantitative estimate of drug-likeness (QED) is 0.900. The van der Waals surface area contributed by atoms with Crippen molar-refractivity contribution in [3.63, 3.8) is 0 Å². The number of hydrogen-bond acceptors (Lipinski definition) is 4. The van der Waals surface area contributed by atoms with Gasteiger partial charge in [0.25, 0.3) is 0 Å². The molecule has 1 aromatic heterocycles. The van der Waals surface area contributed by atoms with Gasteiger partial charge in [-0.1, -0.05) is 35.0 Å². The highest BCUT2D eigenvalue weighted by molar-refractivity contribution is 7.99. The van der Waals surface area contributed by atoms with Gasteiger partial charge >= 0.3 is 5.97 Å². The molecule has 2 rings (SSSR count). The fraction of sp³-hybridized carbons (Fsp3) is 0. The number of carboxylic acids is 1. The van der Waals surface area contributed by atoms with Crippen LogP contribution in [0.15, 0.2) is 40.4 Å². The lowest BCUT2D eigenvalue weighted by molar-refractivity contribution is 0.0696. The first-order valence-corrected chi connectivity index (χ1v) is 6.66. The molecule has 0 aliphatic carbocycles. The highest BCUT2D eigenvalue weighted by Crippen LogP contribution is 2.34. The molecule has 0 aliphatic heterocycles. The van der Waals surface area contributed by atoms with Gasteiger partial charge in [-0.05, 0) is 24.3 Å². The zero-order valence-electron chi connectivity index (χ0n) is 9.43. The van der Waals surface area contributed by atoms with Gasteiger partial charge in [0.05, 0.1) is 21.3 Å². The largest absolute Gasteiger partial charge is 0.478 e. The average Bonchev–Trinajstić information content (AvgIpc) is 2.36. The molecule has 0 fully saturated rings. The Morgan fingerprint density at radius 2 is 2.00 bits per heavy atom. The molecule has 0 spiro atoms. The van der Waals surface area contributed by atoms with Gasteiger partial charge in [-0.15, -0.1) is 0 Å². The van der Waals surface area contributed by atoms with Gasteiger partial charge in [0, 0.05) is 11.1 Å². The molecule has 0 unspecified atom stereocenters. The number of nitrogens with two attached hydrogens (primary N) is 1. The maximum absolute atomic E-state index is 10.8. The van der Waals surface area contributed by atoms with Crippen molar-refractivity contribution in [3.05, 3.63) is 46.1 Å². The number of halogens is 2. The monoisotopic (exact) mass is 314 g/mol. The second kappa shape index (κ2) is 5.69. The van der Waals surface area contributed by atoms with Crippen molar-refractivity contribution in [3.8, 4) is 0 Å². The lowest BCUT2D eigenvalue weighted by atomic mass is 10.3. The molecule has 0 atom stereocenters. The summed E-state index contributed by atoms with van der Waals surface area (Å²) in [6, 6.07) is 6.52. The Bertz CT molecular complexity index is 650. The summed E-state index contributed by atoms with van der Waals surface area (Å²) >= 11 is 13.0. The van der Waals surface area contributed by atoms with E-state index in [0.29, 0.717) is 20.8 Å². The molecule has 0 saturated carbocycles. The lowest BCUT2D eigenvalue weighted by Crippen LogP contribution is -2.00. The molecule has 0 aliphatic rings. The molecule has 0 saturated heterocycles. The predicted molar refractivity (Wildman–Crippen MR) is 76.2 cm³/mol. The van der Waals surface area contributed by atoms with Gasteiger partial charge in [0.1, 0.15) is 5.03 Å². The zero-order chi connectivity index (χ0) is 14.0. The van der Waals surface area contributed by atoms with E-state index in [2.05, 4.69) is 4.98 Å². The molecule has 2 aromatic rings. The topological polar surface area (TPSA) is 76.2 Å². The number of carbonyl (C=O) groups is 1. The number of hydrogen-bond donors (Lipinski definition) is 2. The van der Waals surface area contributed by atoms with Crippen molar-refractivity contribution < 1.29 is 9.90 Å². The molecule has 98 valence electrons. The van der Waals surface area contributed by atoms with Crippen molar-refractivity contribution in [2.75, 3.05) is 5.73 Å². The van der Waals surface area contributed by atoms with Crippen LogP contribution >= 0.6 is 35.0 Å². The first-order valence-electron chi connectivity index (χ1n) is 5.09. The predicted octanol–water partition coefficient (Wildman–Crippen LogP) is 3.82. The molecular weight excluding hydrogens is 307 g/mol. The maximum Gasteiger partial charge on any atom is 0.337 e. The van der Waals surface area contributed by atoms with E-state index < -0.39 is 5.97 Å². The Morgan fingerprint density at radius 3 is 2.58 bits per heavy atom. The van der Waals surface area contributed by atoms with E-state index in [1.165, 1.54) is 24.0 Å². The van der Waals surface area contributed by atoms with Crippen LogP contribution in [-0.2, 0) is 0 Å². The number of rotatable bonds is 3. The van der Waals surface area contributed by atoms with Crippen LogP contribution in [0.25, 0.3) is 0 Å². The lowest BCUT2D eigenvalue weighted by Gasteiger charge is -2.06. The summed E-state index contributed by atoms with van der Waals surface area (Å²) in [6.07, 6.45) is 1.26. The summed E-state index contributed by atoms with van der Waals surface area (Å²) in [6.45, 7) is 0. The van der Waals surface area contributed by atoms with Gasteiger partial charge in [0.2, 0.25) is 0 Å². The van der Waals surface area contributed by atoms with E-state index in [9.17, 15) is 4.79 Å². The molecule has 0 amide bonds. The number of carboxylic acid groups (broad SMARTS) is 1. The molecular formula is C12H8Cl2N2O2S. The highest BCUT2D eigenvalue weighted by Gasteiger charge is 2.09. The molecule has 1 aromatic carbocycles. The molecule has 19 heavy (non-hydrogen) atoms. The van der Waals surface area contributed by atoms with Crippen LogP contribution < -0.4 is 5.73 Å². The second-order valence-electron chi connectivity index (χ2n) is 3.60. The minimum Gasteiger partial charge on any atom is -0.478 e. The molecule has 4 nitrogen and oxygen atoms in total. The summed E-state index contributed by atoms with van der Waals surface area (Å²) in [7, 11) is 0. The molecule has 0 bridgehead atoms. The molecule has 1 heterocycles. The van der Waals surface area contributed by atoms with Crippen molar-refractivity contribution in [2.45, 2.75) is 9.92 Å². The SMILES string of the molecule is Nc1cc(C(=O)O)cnc1Sc1ccc(Cl)c(Cl)c1. The molecule has 7 heteroatoms. The van der Waals surface area contributed by atoms with E-state index in [0.717, 1.165) is 4.90 Å². The number of aromatic carboxylic acids is 1. The van der Waals surface area contributed by atoms with E-state index in [4.69, 9.17) is 34.0 Å². The number of nitrogens with zero attached hydrogens (tertiary/aromatic N) is 1. The number of aromatic nitrogens is 1. The van der Waals surface area contributed by atoms with Gasteiger partial charge in [-0.3, -0.25) is 0 Å². The minimum absolute atomic E-state index is 0.0518. The van der Waals surface area contributed by atoms with Crippen LogP contribution in [0.3, 0.4) is 0 Å². The van der Waals surface area contributed by atoms with E-state index >= 15 is 0 Å². The smallest absolute Gasteiger partial charge is 0.337 e. The van der Waals surface area contributed by atoms with E-state index in [-0.39, 0.29) is 5.56 Å². The normalized spacial score (nSPS) is 10.4.